The first kappa shape index (κ1) is 34.3. The third-order valence-corrected chi connectivity index (χ3v) is 11.4. The van der Waals surface area contributed by atoms with E-state index in [1.165, 1.54) is 17.5 Å². The van der Waals surface area contributed by atoms with Crippen LogP contribution in [0.15, 0.2) is 76.0 Å². The summed E-state index contributed by atoms with van der Waals surface area (Å²) >= 11 is 0. The zero-order chi connectivity index (χ0) is 34.6. The van der Waals surface area contributed by atoms with Gasteiger partial charge < -0.3 is 29.4 Å². The number of nitrogens with zero attached hydrogens (tertiary/aromatic N) is 2. The van der Waals surface area contributed by atoms with Crippen LogP contribution in [0.3, 0.4) is 0 Å². The summed E-state index contributed by atoms with van der Waals surface area (Å²) in [7, 11) is -2.60. The summed E-state index contributed by atoms with van der Waals surface area (Å²) in [6.07, 6.45) is 2.11. The standard InChI is InChI=1S/C36H42N4O8S/c1-3-19-40-33(41)28(14-9-10-18-37-35(43)47-24-25-11-5-4-6-12-25)38-34(42)36(40)16-20-39(21-17-36)49(44,45)32-23-30-27(22-31(32)46-2)26-13-7-8-15-29(26)48-30/h4-8,11-13,15,22-23,28H,3,9-10,14,16-21,24H2,1-2H3,(H,37,43)(H,38,42)/t28-/m0/s1. The molecule has 12 nitrogen and oxygen atoms in total. The topological polar surface area (TPSA) is 147 Å². The number of hydrogen-bond acceptors (Lipinski definition) is 8. The Morgan fingerprint density at radius 2 is 1.73 bits per heavy atom. The molecule has 2 aliphatic rings. The Morgan fingerprint density at radius 1 is 1.00 bits per heavy atom. The van der Waals surface area contributed by atoms with Gasteiger partial charge in [0.2, 0.25) is 21.8 Å². The van der Waals surface area contributed by atoms with Crippen molar-refractivity contribution in [3.8, 4) is 5.75 Å². The summed E-state index contributed by atoms with van der Waals surface area (Å²) in [6, 6.07) is 19.4. The second kappa shape index (κ2) is 14.5. The van der Waals surface area contributed by atoms with Crippen molar-refractivity contribution in [2.45, 2.75) is 68.5 Å². The number of rotatable bonds is 12. The van der Waals surface area contributed by atoms with E-state index in [0.717, 1.165) is 16.3 Å². The first-order valence-electron chi connectivity index (χ1n) is 16.7. The van der Waals surface area contributed by atoms with E-state index in [4.69, 9.17) is 13.9 Å². The van der Waals surface area contributed by atoms with Crippen molar-refractivity contribution in [2.24, 2.45) is 0 Å². The zero-order valence-corrected chi connectivity index (χ0v) is 28.6. The predicted molar refractivity (Wildman–Crippen MR) is 183 cm³/mol. The molecule has 1 atom stereocenters. The van der Waals surface area contributed by atoms with E-state index in [-0.39, 0.29) is 55.0 Å². The Morgan fingerprint density at radius 3 is 2.47 bits per heavy atom. The molecule has 3 heterocycles. The second-order valence-corrected chi connectivity index (χ2v) is 14.4. The molecular formula is C36H42N4O8S. The molecule has 49 heavy (non-hydrogen) atoms. The fourth-order valence-corrected chi connectivity index (χ4v) is 8.48. The molecule has 2 aliphatic heterocycles. The number of carbonyl (C=O) groups is 3. The molecule has 260 valence electrons. The van der Waals surface area contributed by atoms with Gasteiger partial charge in [0.15, 0.2) is 0 Å². The third kappa shape index (κ3) is 6.82. The van der Waals surface area contributed by atoms with Crippen LogP contribution in [0.2, 0.25) is 0 Å². The lowest BCUT2D eigenvalue weighted by Gasteiger charge is -2.51. The molecule has 2 fully saturated rings. The number of sulfonamides is 1. The average molecular weight is 691 g/mol. The van der Waals surface area contributed by atoms with Crippen molar-refractivity contribution < 1.29 is 36.7 Å². The molecule has 4 aromatic rings. The van der Waals surface area contributed by atoms with Crippen LogP contribution in [0.25, 0.3) is 21.9 Å². The molecule has 0 aliphatic carbocycles. The monoisotopic (exact) mass is 690 g/mol. The maximum absolute atomic E-state index is 14.0. The zero-order valence-electron chi connectivity index (χ0n) is 27.8. The highest BCUT2D eigenvalue weighted by Crippen LogP contribution is 2.40. The van der Waals surface area contributed by atoms with Gasteiger partial charge in [-0.2, -0.15) is 4.31 Å². The first-order valence-corrected chi connectivity index (χ1v) is 18.2. The summed E-state index contributed by atoms with van der Waals surface area (Å²) in [5, 5.41) is 7.29. The van der Waals surface area contributed by atoms with Crippen LogP contribution in [0.1, 0.15) is 51.0 Å². The molecule has 3 aromatic carbocycles. The number of para-hydroxylation sites is 1. The number of piperidine rings is 1. The van der Waals surface area contributed by atoms with Crippen molar-refractivity contribution >= 4 is 49.9 Å². The number of methoxy groups -OCH3 is 1. The van der Waals surface area contributed by atoms with E-state index < -0.39 is 27.7 Å². The van der Waals surface area contributed by atoms with Crippen LogP contribution in [0, 0.1) is 0 Å². The van der Waals surface area contributed by atoms with Crippen LogP contribution >= 0.6 is 0 Å². The van der Waals surface area contributed by atoms with Gasteiger partial charge in [-0.25, -0.2) is 13.2 Å². The quantitative estimate of drug-likeness (QED) is 0.199. The summed E-state index contributed by atoms with van der Waals surface area (Å²) in [5.74, 6) is -0.212. The average Bonchev–Trinajstić information content (AvgIpc) is 3.49. The Kier molecular flexibility index (Phi) is 10.1. The smallest absolute Gasteiger partial charge is 0.407 e. The molecule has 6 rings (SSSR count). The normalized spacial score (nSPS) is 18.2. The van der Waals surface area contributed by atoms with E-state index in [9.17, 15) is 22.8 Å². The van der Waals surface area contributed by atoms with E-state index in [0.29, 0.717) is 49.9 Å². The first-order chi connectivity index (χ1) is 23.7. The number of fused-ring (bicyclic) bond motifs is 3. The Bertz CT molecular complexity index is 1940. The largest absolute Gasteiger partial charge is 0.495 e. The summed E-state index contributed by atoms with van der Waals surface area (Å²) in [4.78, 5) is 41.2. The summed E-state index contributed by atoms with van der Waals surface area (Å²) < 4.78 is 46.1. The van der Waals surface area contributed by atoms with Crippen LogP contribution in [-0.4, -0.2) is 80.4 Å². The molecule has 0 saturated carbocycles. The molecule has 1 spiro atoms. The van der Waals surface area contributed by atoms with Gasteiger partial charge in [-0.1, -0.05) is 55.5 Å². The van der Waals surface area contributed by atoms with Gasteiger partial charge >= 0.3 is 6.09 Å². The highest BCUT2D eigenvalue weighted by atomic mass is 32.2. The molecule has 1 aromatic heterocycles. The summed E-state index contributed by atoms with van der Waals surface area (Å²) in [5.41, 5.74) is 0.844. The maximum atomic E-state index is 14.0. The van der Waals surface area contributed by atoms with E-state index in [1.807, 2.05) is 61.5 Å². The number of carbonyl (C=O) groups excluding carboxylic acids is 3. The van der Waals surface area contributed by atoms with Crippen LogP contribution in [0.5, 0.6) is 5.75 Å². The number of hydrogen-bond donors (Lipinski definition) is 2. The minimum Gasteiger partial charge on any atom is -0.495 e. The highest BCUT2D eigenvalue weighted by Gasteiger charge is 2.54. The molecule has 0 unspecified atom stereocenters. The molecule has 0 bridgehead atoms. The third-order valence-electron chi connectivity index (χ3n) is 9.49. The van der Waals surface area contributed by atoms with Gasteiger partial charge in [0, 0.05) is 43.0 Å². The van der Waals surface area contributed by atoms with Crippen LogP contribution < -0.4 is 15.4 Å². The number of ether oxygens (including phenoxy) is 2. The fraction of sp³-hybridized carbons (Fsp3) is 0.417. The van der Waals surface area contributed by atoms with Crippen molar-refractivity contribution in [1.29, 1.82) is 0 Å². The number of unbranched alkanes of at least 4 members (excludes halogenated alkanes) is 1. The Hall–Kier alpha value is -4.62. The lowest BCUT2D eigenvalue weighted by molar-refractivity contribution is -0.160. The van der Waals surface area contributed by atoms with Crippen molar-refractivity contribution in [3.63, 3.8) is 0 Å². The number of nitrogens with one attached hydrogen (secondary N) is 2. The van der Waals surface area contributed by atoms with Gasteiger partial charge in [0.05, 0.1) is 7.11 Å². The molecule has 2 N–H and O–H groups in total. The van der Waals surface area contributed by atoms with Gasteiger partial charge in [-0.15, -0.1) is 0 Å². The second-order valence-electron chi connectivity index (χ2n) is 12.5. The number of piperazine rings is 1. The van der Waals surface area contributed by atoms with Crippen molar-refractivity contribution in [2.75, 3.05) is 33.3 Å². The van der Waals surface area contributed by atoms with Crippen LogP contribution in [-0.2, 0) is 31.0 Å². The molecule has 0 radical (unpaired) electrons. The number of amides is 3. The van der Waals surface area contributed by atoms with Crippen molar-refractivity contribution in [1.82, 2.24) is 19.8 Å². The Labute approximate surface area is 285 Å². The lowest BCUT2D eigenvalue weighted by Crippen LogP contribution is -2.73. The van der Waals surface area contributed by atoms with Gasteiger partial charge in [0.1, 0.15) is 40.0 Å². The summed E-state index contributed by atoms with van der Waals surface area (Å²) in [6.45, 7) is 3.01. The molecular weight excluding hydrogens is 648 g/mol. The fourth-order valence-electron chi connectivity index (χ4n) is 6.88. The van der Waals surface area contributed by atoms with Gasteiger partial charge in [0.25, 0.3) is 0 Å². The van der Waals surface area contributed by atoms with Crippen molar-refractivity contribution in [3.05, 3.63) is 72.3 Å². The minimum atomic E-state index is -4.03. The maximum Gasteiger partial charge on any atom is 0.407 e. The van der Waals surface area contributed by atoms with E-state index in [1.54, 1.807) is 11.0 Å². The van der Waals surface area contributed by atoms with E-state index >= 15 is 0 Å². The predicted octanol–water partition coefficient (Wildman–Crippen LogP) is 4.95. The number of alkyl carbamates (subject to hydrolysis) is 1. The van der Waals surface area contributed by atoms with E-state index in [2.05, 4.69) is 10.6 Å². The SMILES string of the molecule is CCCN1C(=O)[C@H](CCCCNC(=O)OCc2ccccc2)NC(=O)C12CCN(S(=O)(=O)c1cc3oc4ccccc4c3cc1OC)CC2. The number of benzene rings is 3. The van der Waals surface area contributed by atoms with Gasteiger partial charge in [-0.3, -0.25) is 9.59 Å². The van der Waals surface area contributed by atoms with Crippen LogP contribution in [0.4, 0.5) is 4.79 Å². The van der Waals surface area contributed by atoms with Gasteiger partial charge in [-0.05, 0) is 56.2 Å². The minimum absolute atomic E-state index is 0.00824. The molecule has 2 saturated heterocycles. The molecule has 13 heteroatoms. The Balaban J connectivity index is 1.07. The lowest BCUT2D eigenvalue weighted by atomic mass is 9.81. The number of furan rings is 1. The highest BCUT2D eigenvalue weighted by molar-refractivity contribution is 7.89. The molecule has 3 amide bonds.